The molecule has 0 aliphatic carbocycles. The van der Waals surface area contributed by atoms with Gasteiger partial charge in [-0.3, -0.25) is 4.90 Å². The van der Waals surface area contributed by atoms with Gasteiger partial charge < -0.3 is 15.2 Å². The molecule has 3 heterocycles. The summed E-state index contributed by atoms with van der Waals surface area (Å²) >= 11 is 0. The lowest BCUT2D eigenvalue weighted by molar-refractivity contribution is 0.222. The number of aromatic nitrogens is 1. The van der Waals surface area contributed by atoms with Gasteiger partial charge in [0.05, 0.1) is 14.2 Å². The number of likely N-dealkylation sites (N-methyl/N-ethyl adjacent to an activating group) is 1. The van der Waals surface area contributed by atoms with Gasteiger partial charge in [0.25, 0.3) is 0 Å². The first-order chi connectivity index (χ1) is 12.6. The average Bonchev–Trinajstić information content (AvgIpc) is 2.89. The quantitative estimate of drug-likeness (QED) is 0.916. The number of benzene rings is 1. The average molecular weight is 350 g/mol. The summed E-state index contributed by atoms with van der Waals surface area (Å²) in [6.07, 6.45) is 3.05. The molecular weight excluding hydrogens is 328 g/mol. The largest absolute Gasteiger partial charge is 0.497 e. The predicted octanol–water partition coefficient (Wildman–Crippen LogP) is 2.91. The van der Waals surface area contributed by atoms with Crippen LogP contribution in [0.3, 0.4) is 0 Å². The zero-order chi connectivity index (χ0) is 18.4. The Balaban J connectivity index is 2.06. The SMILES string of the molecule is COc1ccc(OC)c(-c2c(C#N)c(N)nc3c2[C@H]2CC[C@@H](C3)N2C)c1. The van der Waals surface area contributed by atoms with Crippen LogP contribution < -0.4 is 15.2 Å². The number of hydrogen-bond acceptors (Lipinski definition) is 6. The van der Waals surface area contributed by atoms with E-state index in [1.54, 1.807) is 14.2 Å². The van der Waals surface area contributed by atoms with Crippen molar-refractivity contribution in [1.82, 2.24) is 9.88 Å². The van der Waals surface area contributed by atoms with Crippen molar-refractivity contribution < 1.29 is 9.47 Å². The van der Waals surface area contributed by atoms with E-state index in [-0.39, 0.29) is 11.9 Å². The maximum absolute atomic E-state index is 9.83. The molecule has 6 heteroatoms. The van der Waals surface area contributed by atoms with E-state index in [2.05, 4.69) is 23.0 Å². The van der Waals surface area contributed by atoms with E-state index in [9.17, 15) is 5.26 Å². The van der Waals surface area contributed by atoms with Gasteiger partial charge in [0.1, 0.15) is 28.9 Å². The fraction of sp³-hybridized carbons (Fsp3) is 0.400. The summed E-state index contributed by atoms with van der Waals surface area (Å²) in [4.78, 5) is 7.00. The zero-order valence-corrected chi connectivity index (χ0v) is 15.2. The van der Waals surface area contributed by atoms with Gasteiger partial charge in [-0.1, -0.05) is 0 Å². The maximum atomic E-state index is 9.83. The van der Waals surface area contributed by atoms with E-state index in [0.29, 0.717) is 23.1 Å². The molecule has 2 atom stereocenters. The van der Waals surface area contributed by atoms with E-state index in [0.717, 1.165) is 41.6 Å². The Morgan fingerprint density at radius 2 is 2.08 bits per heavy atom. The Labute approximate surface area is 153 Å². The molecule has 1 saturated heterocycles. The molecule has 0 spiro atoms. The Hall–Kier alpha value is -2.78. The fourth-order valence-electron chi connectivity index (χ4n) is 4.41. The topological polar surface area (TPSA) is 84.4 Å². The number of anilines is 1. The molecule has 6 nitrogen and oxygen atoms in total. The van der Waals surface area contributed by atoms with Crippen LogP contribution in [0.25, 0.3) is 11.1 Å². The molecule has 1 aromatic carbocycles. The van der Waals surface area contributed by atoms with Crippen molar-refractivity contribution in [1.29, 1.82) is 5.26 Å². The van der Waals surface area contributed by atoms with Crippen molar-refractivity contribution >= 4 is 5.82 Å². The second-order valence-electron chi connectivity index (χ2n) is 6.90. The van der Waals surface area contributed by atoms with Crippen molar-refractivity contribution in [2.75, 3.05) is 27.0 Å². The molecule has 2 aromatic rings. The third-order valence-corrected chi connectivity index (χ3v) is 5.73. The van der Waals surface area contributed by atoms with Crippen LogP contribution in [0.5, 0.6) is 11.5 Å². The highest BCUT2D eigenvalue weighted by atomic mass is 16.5. The van der Waals surface area contributed by atoms with Crippen LogP contribution in [0.4, 0.5) is 5.82 Å². The molecule has 0 amide bonds. The number of ether oxygens (including phenoxy) is 2. The van der Waals surface area contributed by atoms with Gasteiger partial charge in [0.15, 0.2) is 0 Å². The first kappa shape index (κ1) is 16.7. The Kier molecular flexibility index (Phi) is 3.97. The fourth-order valence-corrected chi connectivity index (χ4v) is 4.41. The molecule has 1 fully saturated rings. The minimum absolute atomic E-state index is 0.245. The van der Waals surface area contributed by atoms with E-state index < -0.39 is 0 Å². The number of nitrogen functional groups attached to an aromatic ring is 1. The van der Waals surface area contributed by atoms with E-state index >= 15 is 0 Å². The number of rotatable bonds is 3. The van der Waals surface area contributed by atoms with Gasteiger partial charge in [-0.25, -0.2) is 4.98 Å². The van der Waals surface area contributed by atoms with Crippen molar-refractivity contribution in [3.63, 3.8) is 0 Å². The molecule has 2 aliphatic rings. The summed E-state index contributed by atoms with van der Waals surface area (Å²) in [6.45, 7) is 0. The van der Waals surface area contributed by atoms with Crippen LogP contribution >= 0.6 is 0 Å². The van der Waals surface area contributed by atoms with Crippen LogP contribution in [-0.2, 0) is 6.42 Å². The first-order valence-electron chi connectivity index (χ1n) is 8.75. The minimum atomic E-state index is 0.245. The molecule has 1 aromatic heterocycles. The summed E-state index contributed by atoms with van der Waals surface area (Å²) in [7, 11) is 5.41. The molecular formula is C20H22N4O2. The molecule has 0 saturated carbocycles. The zero-order valence-electron chi connectivity index (χ0n) is 15.2. The molecule has 0 unspecified atom stereocenters. The second-order valence-corrected chi connectivity index (χ2v) is 6.90. The molecule has 134 valence electrons. The lowest BCUT2D eigenvalue weighted by atomic mass is 9.86. The predicted molar refractivity (Wildman–Crippen MR) is 99.1 cm³/mol. The van der Waals surface area contributed by atoms with Crippen LogP contribution in [0.2, 0.25) is 0 Å². The van der Waals surface area contributed by atoms with Crippen molar-refractivity contribution in [2.45, 2.75) is 31.3 Å². The van der Waals surface area contributed by atoms with Crippen LogP contribution in [0, 0.1) is 11.3 Å². The Morgan fingerprint density at radius 1 is 1.27 bits per heavy atom. The Morgan fingerprint density at radius 3 is 2.77 bits per heavy atom. The van der Waals surface area contributed by atoms with Gasteiger partial charge in [0.2, 0.25) is 0 Å². The summed E-state index contributed by atoms with van der Waals surface area (Å²) in [5.41, 5.74) is 10.4. The van der Waals surface area contributed by atoms with Crippen LogP contribution in [0.15, 0.2) is 18.2 Å². The highest BCUT2D eigenvalue weighted by Gasteiger charge is 2.41. The number of nitrogens with two attached hydrogens (primary N) is 1. The number of hydrogen-bond donors (Lipinski definition) is 1. The standard InChI is InChI=1S/C20H22N4O2/c1-24-11-4-6-16(24)19-15(8-11)23-20(22)14(10-21)18(19)13-9-12(25-2)5-7-17(13)26-3/h5,7,9,11,16H,4,6,8H2,1-3H3,(H2,22,23)/t11-,16+/m0/s1. The normalized spacial score (nSPS) is 21.2. The van der Waals surface area contributed by atoms with Gasteiger partial charge >= 0.3 is 0 Å². The van der Waals surface area contributed by atoms with Gasteiger partial charge in [-0.15, -0.1) is 0 Å². The van der Waals surface area contributed by atoms with Crippen LogP contribution in [0.1, 0.15) is 35.7 Å². The van der Waals surface area contributed by atoms with E-state index in [1.165, 1.54) is 0 Å². The van der Waals surface area contributed by atoms with E-state index in [4.69, 9.17) is 15.2 Å². The first-order valence-corrected chi connectivity index (χ1v) is 8.75. The molecule has 2 N–H and O–H groups in total. The lowest BCUT2D eigenvalue weighted by Crippen LogP contribution is -2.35. The van der Waals surface area contributed by atoms with Gasteiger partial charge in [-0.2, -0.15) is 5.26 Å². The molecule has 4 rings (SSSR count). The summed E-state index contributed by atoms with van der Waals surface area (Å²) in [6, 6.07) is 8.64. The molecule has 26 heavy (non-hydrogen) atoms. The molecule has 2 bridgehead atoms. The third kappa shape index (κ3) is 2.31. The molecule has 2 aliphatic heterocycles. The Bertz CT molecular complexity index is 919. The number of fused-ring (bicyclic) bond motifs is 4. The lowest BCUT2D eigenvalue weighted by Gasteiger charge is -2.34. The smallest absolute Gasteiger partial charge is 0.142 e. The third-order valence-electron chi connectivity index (χ3n) is 5.73. The van der Waals surface area contributed by atoms with Crippen molar-refractivity contribution in [2.24, 2.45) is 0 Å². The number of nitriles is 1. The number of pyridine rings is 1. The van der Waals surface area contributed by atoms with Gasteiger partial charge in [-0.05, 0) is 38.1 Å². The van der Waals surface area contributed by atoms with Gasteiger partial charge in [0, 0.05) is 40.9 Å². The highest BCUT2D eigenvalue weighted by Crippen LogP contribution is 2.49. The minimum Gasteiger partial charge on any atom is -0.497 e. The van der Waals surface area contributed by atoms with Crippen LogP contribution in [-0.4, -0.2) is 37.2 Å². The van der Waals surface area contributed by atoms with Crippen molar-refractivity contribution in [3.05, 3.63) is 35.0 Å². The van der Waals surface area contributed by atoms with E-state index in [1.807, 2.05) is 18.2 Å². The number of methoxy groups -OCH3 is 2. The molecule has 0 radical (unpaired) electrons. The summed E-state index contributed by atoms with van der Waals surface area (Å²) < 4.78 is 11.0. The van der Waals surface area contributed by atoms with Crippen molar-refractivity contribution in [3.8, 4) is 28.7 Å². The summed E-state index contributed by atoms with van der Waals surface area (Å²) in [5.74, 6) is 1.69. The number of nitrogens with zero attached hydrogens (tertiary/aromatic N) is 3. The summed E-state index contributed by atoms with van der Waals surface area (Å²) in [5, 5.41) is 9.83. The maximum Gasteiger partial charge on any atom is 0.142 e. The second kappa shape index (κ2) is 6.19. The highest BCUT2D eigenvalue weighted by molar-refractivity contribution is 5.84. The monoisotopic (exact) mass is 350 g/mol.